The van der Waals surface area contributed by atoms with E-state index in [2.05, 4.69) is 5.32 Å². The first-order valence-corrected chi connectivity index (χ1v) is 12.8. The fourth-order valence-corrected chi connectivity index (χ4v) is 4.39. The van der Waals surface area contributed by atoms with Gasteiger partial charge in [0.2, 0.25) is 11.8 Å². The van der Waals surface area contributed by atoms with Crippen molar-refractivity contribution in [2.75, 3.05) is 38.0 Å². The Labute approximate surface area is 203 Å². The van der Waals surface area contributed by atoms with Crippen molar-refractivity contribution in [3.05, 3.63) is 66.2 Å². The third-order valence-electron chi connectivity index (χ3n) is 5.40. The molecule has 186 valence electrons. The molecule has 0 aliphatic carbocycles. The van der Waals surface area contributed by atoms with E-state index in [0.717, 1.165) is 14.2 Å². The number of nitrogens with one attached hydrogen (secondary N) is 1. The first kappa shape index (κ1) is 27.3. The molecule has 0 bridgehead atoms. The number of amides is 2. The molecule has 0 fully saturated rings. The van der Waals surface area contributed by atoms with E-state index < -0.39 is 28.7 Å². The molecule has 1 atom stereocenters. The molecule has 0 aliphatic heterocycles. The number of hydrogen-bond acceptors (Lipinski definition) is 4. The molecule has 2 amide bonds. The number of hydrogen-bond donors (Lipinski definition) is 1. The molecule has 0 aromatic heterocycles. The maximum absolute atomic E-state index is 13.5. The lowest BCUT2D eigenvalue weighted by Gasteiger charge is -2.33. The molecule has 0 aliphatic rings. The molecular weight excluding hydrogens is 452 g/mol. The van der Waals surface area contributed by atoms with E-state index in [4.69, 9.17) is 0 Å². The van der Waals surface area contributed by atoms with Crippen molar-refractivity contribution in [1.29, 1.82) is 0 Å². The molecule has 0 radical (unpaired) electrons. The Hall–Kier alpha value is -2.91. The van der Waals surface area contributed by atoms with Crippen molar-refractivity contribution in [1.82, 2.24) is 14.5 Å². The zero-order chi connectivity index (χ0) is 25.3. The lowest BCUT2D eigenvalue weighted by atomic mass is 10.1. The van der Waals surface area contributed by atoms with Crippen LogP contribution < -0.4 is 9.62 Å². The van der Waals surface area contributed by atoms with Crippen LogP contribution in [0.2, 0.25) is 0 Å². The van der Waals surface area contributed by atoms with E-state index in [9.17, 15) is 18.0 Å². The maximum atomic E-state index is 13.5. The summed E-state index contributed by atoms with van der Waals surface area (Å²) in [6, 6.07) is 17.4. The van der Waals surface area contributed by atoms with Gasteiger partial charge in [0.1, 0.15) is 12.6 Å². The molecule has 0 heterocycles. The Balaban J connectivity index is 2.32. The quantitative estimate of drug-likeness (QED) is 0.497. The predicted molar refractivity (Wildman–Crippen MR) is 136 cm³/mol. The summed E-state index contributed by atoms with van der Waals surface area (Å²) in [6.45, 7) is 6.02. The summed E-state index contributed by atoms with van der Waals surface area (Å²) in [5.41, 5.74) is 1.40. The molecule has 1 N–H and O–H groups in total. The Morgan fingerprint density at radius 3 is 2.00 bits per heavy atom. The van der Waals surface area contributed by atoms with Crippen LogP contribution in [0.5, 0.6) is 0 Å². The molecule has 9 heteroatoms. The molecule has 0 saturated carbocycles. The van der Waals surface area contributed by atoms with Crippen LogP contribution >= 0.6 is 0 Å². The SMILES string of the molecule is CC(C)CNC(=O)[C@@H](C)N(CCc1ccccc1)C(=O)CN(c1ccccc1)S(=O)(=O)N(C)C. The first-order chi connectivity index (χ1) is 16.0. The van der Waals surface area contributed by atoms with Crippen molar-refractivity contribution in [3.8, 4) is 0 Å². The van der Waals surface area contributed by atoms with Crippen LogP contribution in [-0.2, 0) is 26.2 Å². The van der Waals surface area contributed by atoms with Gasteiger partial charge in [-0.05, 0) is 37.0 Å². The van der Waals surface area contributed by atoms with Gasteiger partial charge in [-0.2, -0.15) is 12.7 Å². The minimum absolute atomic E-state index is 0.267. The van der Waals surface area contributed by atoms with Gasteiger partial charge in [-0.15, -0.1) is 0 Å². The van der Waals surface area contributed by atoms with E-state index in [1.54, 1.807) is 37.3 Å². The Kier molecular flexibility index (Phi) is 10.1. The van der Waals surface area contributed by atoms with Crippen LogP contribution in [0, 0.1) is 5.92 Å². The Morgan fingerprint density at radius 2 is 1.47 bits per heavy atom. The highest BCUT2D eigenvalue weighted by atomic mass is 32.2. The lowest BCUT2D eigenvalue weighted by molar-refractivity contribution is -0.138. The van der Waals surface area contributed by atoms with Gasteiger partial charge < -0.3 is 10.2 Å². The summed E-state index contributed by atoms with van der Waals surface area (Å²) in [5, 5.41) is 2.88. The van der Waals surface area contributed by atoms with Crippen LogP contribution in [0.4, 0.5) is 5.69 Å². The number of anilines is 1. The first-order valence-electron chi connectivity index (χ1n) is 11.4. The topological polar surface area (TPSA) is 90.0 Å². The molecule has 2 aromatic carbocycles. The fourth-order valence-electron chi connectivity index (χ4n) is 3.33. The van der Waals surface area contributed by atoms with Crippen LogP contribution in [-0.4, -0.2) is 69.2 Å². The Bertz CT molecular complexity index is 1030. The third-order valence-corrected chi connectivity index (χ3v) is 7.22. The number of para-hydroxylation sites is 1. The second-order valence-corrected chi connectivity index (χ2v) is 10.8. The summed E-state index contributed by atoms with van der Waals surface area (Å²) in [5.74, 6) is -0.447. The maximum Gasteiger partial charge on any atom is 0.304 e. The van der Waals surface area contributed by atoms with Gasteiger partial charge in [-0.25, -0.2) is 4.31 Å². The summed E-state index contributed by atoms with van der Waals surface area (Å²) in [4.78, 5) is 27.8. The minimum atomic E-state index is -3.94. The molecule has 2 aromatic rings. The summed E-state index contributed by atoms with van der Waals surface area (Å²) in [6.07, 6.45) is 0.542. The number of carbonyl (C=O) groups excluding carboxylic acids is 2. The molecule has 34 heavy (non-hydrogen) atoms. The van der Waals surface area contributed by atoms with E-state index >= 15 is 0 Å². The highest BCUT2D eigenvalue weighted by Crippen LogP contribution is 2.20. The standard InChI is InChI=1S/C25H36N4O4S/c1-20(2)18-26-25(31)21(3)28(17-16-22-12-8-6-9-13-22)24(30)19-29(34(32,33)27(4)5)23-14-10-7-11-15-23/h6-15,20-21H,16-19H2,1-5H3,(H,26,31)/t21-/m1/s1. The van der Waals surface area contributed by atoms with Crippen LogP contribution in [0.25, 0.3) is 0 Å². The van der Waals surface area contributed by atoms with Gasteiger partial charge in [-0.3, -0.25) is 9.59 Å². The van der Waals surface area contributed by atoms with E-state index in [0.29, 0.717) is 18.7 Å². The van der Waals surface area contributed by atoms with Crippen LogP contribution in [0.15, 0.2) is 60.7 Å². The minimum Gasteiger partial charge on any atom is -0.354 e. The van der Waals surface area contributed by atoms with E-state index in [1.165, 1.54) is 19.0 Å². The summed E-state index contributed by atoms with van der Waals surface area (Å²) >= 11 is 0. The van der Waals surface area contributed by atoms with E-state index in [-0.39, 0.29) is 18.4 Å². The van der Waals surface area contributed by atoms with Gasteiger partial charge in [0, 0.05) is 27.2 Å². The van der Waals surface area contributed by atoms with Gasteiger partial charge in [0.15, 0.2) is 0 Å². The number of benzene rings is 2. The second-order valence-electron chi connectivity index (χ2n) is 8.77. The molecular formula is C25H36N4O4S. The molecule has 0 spiro atoms. The lowest BCUT2D eigenvalue weighted by Crippen LogP contribution is -2.53. The average molecular weight is 489 g/mol. The van der Waals surface area contributed by atoms with Crippen molar-refractivity contribution in [3.63, 3.8) is 0 Å². The van der Waals surface area contributed by atoms with Crippen molar-refractivity contribution < 1.29 is 18.0 Å². The zero-order valence-corrected chi connectivity index (χ0v) is 21.5. The molecule has 2 rings (SSSR count). The van der Waals surface area contributed by atoms with Crippen molar-refractivity contribution >= 4 is 27.7 Å². The van der Waals surface area contributed by atoms with Gasteiger partial charge in [0.05, 0.1) is 5.69 Å². The number of rotatable bonds is 12. The monoisotopic (exact) mass is 488 g/mol. The third kappa shape index (κ3) is 7.56. The van der Waals surface area contributed by atoms with Crippen LogP contribution in [0.1, 0.15) is 26.3 Å². The van der Waals surface area contributed by atoms with Crippen molar-refractivity contribution in [2.45, 2.75) is 33.2 Å². The Morgan fingerprint density at radius 1 is 0.912 bits per heavy atom. The van der Waals surface area contributed by atoms with Gasteiger partial charge >= 0.3 is 10.2 Å². The predicted octanol–water partition coefficient (Wildman–Crippen LogP) is 2.53. The highest BCUT2D eigenvalue weighted by molar-refractivity contribution is 7.90. The van der Waals surface area contributed by atoms with Gasteiger partial charge in [0.25, 0.3) is 0 Å². The van der Waals surface area contributed by atoms with Gasteiger partial charge in [-0.1, -0.05) is 62.4 Å². The van der Waals surface area contributed by atoms with Crippen molar-refractivity contribution in [2.24, 2.45) is 5.92 Å². The normalized spacial score (nSPS) is 12.4. The second kappa shape index (κ2) is 12.5. The summed E-state index contributed by atoms with van der Waals surface area (Å²) in [7, 11) is -1.09. The molecule has 0 unspecified atom stereocenters. The number of carbonyl (C=O) groups is 2. The smallest absolute Gasteiger partial charge is 0.304 e. The molecule has 8 nitrogen and oxygen atoms in total. The summed E-state index contributed by atoms with van der Waals surface area (Å²) < 4.78 is 28.2. The average Bonchev–Trinajstić information content (AvgIpc) is 2.81. The molecule has 0 saturated heterocycles. The number of nitrogens with zero attached hydrogens (tertiary/aromatic N) is 3. The zero-order valence-electron chi connectivity index (χ0n) is 20.6. The largest absolute Gasteiger partial charge is 0.354 e. The highest BCUT2D eigenvalue weighted by Gasteiger charge is 2.32. The van der Waals surface area contributed by atoms with Crippen LogP contribution in [0.3, 0.4) is 0 Å². The van der Waals surface area contributed by atoms with E-state index in [1.807, 2.05) is 44.2 Å². The fraction of sp³-hybridized carbons (Fsp3) is 0.440.